The van der Waals surface area contributed by atoms with E-state index in [4.69, 9.17) is 9.15 Å². The molecule has 0 aliphatic carbocycles. The molecule has 1 unspecified atom stereocenters. The number of rotatable bonds is 11. The summed E-state index contributed by atoms with van der Waals surface area (Å²) in [7, 11) is 1.65. The second-order valence-corrected chi connectivity index (χ2v) is 7.80. The van der Waals surface area contributed by atoms with Crippen molar-refractivity contribution in [3.05, 3.63) is 58.8 Å². The van der Waals surface area contributed by atoms with Gasteiger partial charge in [-0.25, -0.2) is 0 Å². The first kappa shape index (κ1) is 21.2. The molecular formula is C21H27N4O3S+. The number of amides is 1. The molecule has 0 radical (unpaired) electrons. The van der Waals surface area contributed by atoms with E-state index in [1.165, 1.54) is 11.1 Å². The summed E-state index contributed by atoms with van der Waals surface area (Å²) in [6.07, 6.45) is 0.819. The maximum atomic E-state index is 12.4. The quantitative estimate of drug-likeness (QED) is 0.496. The summed E-state index contributed by atoms with van der Waals surface area (Å²) in [5.74, 6) is 1.04. The Hall–Kier alpha value is -2.55. The number of thiophene rings is 1. The third kappa shape index (κ3) is 6.49. The van der Waals surface area contributed by atoms with Crippen molar-refractivity contribution in [2.75, 3.05) is 33.4 Å². The predicted molar refractivity (Wildman–Crippen MR) is 112 cm³/mol. The smallest absolute Gasteiger partial charge is 0.275 e. The summed E-state index contributed by atoms with van der Waals surface area (Å²) in [6.45, 7) is 4.74. The number of carbonyl (C=O) groups excluding carboxylic acids is 1. The van der Waals surface area contributed by atoms with E-state index in [2.05, 4.69) is 34.6 Å². The molecule has 0 saturated carbocycles. The van der Waals surface area contributed by atoms with Crippen molar-refractivity contribution >= 4 is 17.2 Å². The average molecular weight is 416 g/mol. The van der Waals surface area contributed by atoms with Gasteiger partial charge in [0.1, 0.15) is 6.54 Å². The van der Waals surface area contributed by atoms with Crippen LogP contribution in [0.2, 0.25) is 0 Å². The van der Waals surface area contributed by atoms with Crippen LogP contribution in [-0.2, 0) is 22.5 Å². The first-order valence-corrected chi connectivity index (χ1v) is 10.5. The summed E-state index contributed by atoms with van der Waals surface area (Å²) in [5.41, 5.74) is 2.50. The SMILES string of the molecule is COCC[NH+](CC(=O)NCCc1ccccc1C)Cc1nnc(-c2cccs2)o1. The zero-order valence-electron chi connectivity index (χ0n) is 16.8. The maximum absolute atomic E-state index is 12.4. The molecule has 2 N–H and O–H groups in total. The van der Waals surface area contributed by atoms with E-state index in [1.54, 1.807) is 18.4 Å². The van der Waals surface area contributed by atoms with Gasteiger partial charge in [0.15, 0.2) is 13.1 Å². The highest BCUT2D eigenvalue weighted by molar-refractivity contribution is 7.13. The third-order valence-corrected chi connectivity index (χ3v) is 5.51. The summed E-state index contributed by atoms with van der Waals surface area (Å²) >= 11 is 1.55. The second-order valence-electron chi connectivity index (χ2n) is 6.85. The van der Waals surface area contributed by atoms with Crippen molar-refractivity contribution in [3.63, 3.8) is 0 Å². The van der Waals surface area contributed by atoms with Crippen molar-refractivity contribution in [2.24, 2.45) is 0 Å². The van der Waals surface area contributed by atoms with E-state index in [-0.39, 0.29) is 5.91 Å². The van der Waals surface area contributed by atoms with Crippen LogP contribution in [0.5, 0.6) is 0 Å². The first-order valence-electron chi connectivity index (χ1n) is 9.65. The predicted octanol–water partition coefficient (Wildman–Crippen LogP) is 1.50. The first-order chi connectivity index (χ1) is 14.2. The fraction of sp³-hybridized carbons (Fsp3) is 0.381. The van der Waals surface area contributed by atoms with Crippen LogP contribution in [-0.4, -0.2) is 49.5 Å². The van der Waals surface area contributed by atoms with Gasteiger partial charge < -0.3 is 19.4 Å². The Labute approximate surface area is 174 Å². The second kappa shape index (κ2) is 10.8. The summed E-state index contributed by atoms with van der Waals surface area (Å²) in [5, 5.41) is 13.2. The Bertz CT molecular complexity index is 895. The van der Waals surface area contributed by atoms with Gasteiger partial charge >= 0.3 is 0 Å². The molecule has 1 aromatic carbocycles. The van der Waals surface area contributed by atoms with Gasteiger partial charge in [0.05, 0.1) is 11.5 Å². The molecule has 1 atom stereocenters. The van der Waals surface area contributed by atoms with Crippen molar-refractivity contribution in [1.29, 1.82) is 0 Å². The zero-order valence-corrected chi connectivity index (χ0v) is 17.6. The highest BCUT2D eigenvalue weighted by Crippen LogP contribution is 2.22. The molecule has 154 valence electrons. The van der Waals surface area contributed by atoms with Gasteiger partial charge in [0.25, 0.3) is 17.7 Å². The van der Waals surface area contributed by atoms with Crippen LogP contribution in [0.3, 0.4) is 0 Å². The average Bonchev–Trinajstić information content (AvgIpc) is 3.39. The number of aromatic nitrogens is 2. The molecule has 0 bridgehead atoms. The fourth-order valence-electron chi connectivity index (χ4n) is 3.04. The van der Waals surface area contributed by atoms with Crippen LogP contribution in [0.25, 0.3) is 10.8 Å². The lowest BCUT2D eigenvalue weighted by atomic mass is 10.1. The Morgan fingerprint density at radius 3 is 2.86 bits per heavy atom. The largest absolute Gasteiger partial charge is 0.414 e. The lowest BCUT2D eigenvalue weighted by Crippen LogP contribution is -3.12. The molecule has 0 aliphatic rings. The van der Waals surface area contributed by atoms with Crippen LogP contribution in [0.4, 0.5) is 0 Å². The molecule has 3 aromatic rings. The number of hydrogen-bond acceptors (Lipinski definition) is 6. The normalized spacial score (nSPS) is 12.1. The molecule has 29 heavy (non-hydrogen) atoms. The monoisotopic (exact) mass is 415 g/mol. The summed E-state index contributed by atoms with van der Waals surface area (Å²) in [4.78, 5) is 14.4. The molecule has 8 heteroatoms. The highest BCUT2D eigenvalue weighted by atomic mass is 32.1. The third-order valence-electron chi connectivity index (χ3n) is 4.65. The van der Waals surface area contributed by atoms with Crippen LogP contribution in [0.15, 0.2) is 46.2 Å². The molecule has 1 amide bonds. The van der Waals surface area contributed by atoms with E-state index in [9.17, 15) is 4.79 Å². The Balaban J connectivity index is 1.51. The minimum absolute atomic E-state index is 0.00248. The van der Waals surface area contributed by atoms with Crippen molar-refractivity contribution in [2.45, 2.75) is 19.9 Å². The van der Waals surface area contributed by atoms with E-state index in [0.717, 1.165) is 16.2 Å². The van der Waals surface area contributed by atoms with Gasteiger partial charge in [-0.2, -0.15) is 0 Å². The number of ether oxygens (including phenoxy) is 1. The summed E-state index contributed by atoms with van der Waals surface area (Å²) in [6, 6.07) is 12.1. The number of quaternary nitrogens is 1. The molecule has 0 spiro atoms. The minimum Gasteiger partial charge on any atom is -0.414 e. The van der Waals surface area contributed by atoms with E-state index in [0.29, 0.717) is 44.6 Å². The zero-order chi connectivity index (χ0) is 20.5. The van der Waals surface area contributed by atoms with Crippen molar-refractivity contribution in [3.8, 4) is 10.8 Å². The number of benzene rings is 1. The van der Waals surface area contributed by atoms with Crippen LogP contribution < -0.4 is 10.2 Å². The Kier molecular flexibility index (Phi) is 7.92. The van der Waals surface area contributed by atoms with Crippen molar-refractivity contribution in [1.82, 2.24) is 15.5 Å². The fourth-order valence-corrected chi connectivity index (χ4v) is 3.69. The standard InChI is InChI=1S/C21H26N4O3S/c1-16-6-3-4-7-17(16)9-10-22-19(26)14-25(11-12-27-2)15-20-23-24-21(28-20)18-8-5-13-29-18/h3-8,13H,9-12,14-15H2,1-2H3,(H,22,26)/p+1. The van der Waals surface area contributed by atoms with Crippen LogP contribution >= 0.6 is 11.3 Å². The lowest BCUT2D eigenvalue weighted by molar-refractivity contribution is -0.907. The van der Waals surface area contributed by atoms with Crippen molar-refractivity contribution < 1.29 is 18.8 Å². The van der Waals surface area contributed by atoms with Crippen LogP contribution in [0.1, 0.15) is 17.0 Å². The molecule has 0 saturated heterocycles. The molecule has 3 rings (SSSR count). The van der Waals surface area contributed by atoms with Gasteiger partial charge in [0.2, 0.25) is 0 Å². The van der Waals surface area contributed by atoms with Gasteiger partial charge in [-0.3, -0.25) is 4.79 Å². The van der Waals surface area contributed by atoms with E-state index < -0.39 is 0 Å². The summed E-state index contributed by atoms with van der Waals surface area (Å²) < 4.78 is 11.0. The van der Waals surface area contributed by atoms with E-state index in [1.807, 2.05) is 29.6 Å². The molecule has 0 fully saturated rings. The van der Waals surface area contributed by atoms with E-state index >= 15 is 0 Å². The number of carbonyl (C=O) groups is 1. The number of nitrogens with zero attached hydrogens (tertiary/aromatic N) is 2. The van der Waals surface area contributed by atoms with Gasteiger partial charge in [-0.05, 0) is 35.9 Å². The van der Waals surface area contributed by atoms with Crippen LogP contribution in [0, 0.1) is 6.92 Å². The maximum Gasteiger partial charge on any atom is 0.275 e. The molecule has 2 heterocycles. The number of hydrogen-bond donors (Lipinski definition) is 2. The topological polar surface area (TPSA) is 81.7 Å². The number of aryl methyl sites for hydroxylation is 1. The molecular weight excluding hydrogens is 388 g/mol. The van der Waals surface area contributed by atoms with Gasteiger partial charge in [-0.15, -0.1) is 21.5 Å². The Morgan fingerprint density at radius 1 is 1.24 bits per heavy atom. The highest BCUT2D eigenvalue weighted by Gasteiger charge is 2.19. The lowest BCUT2D eigenvalue weighted by Gasteiger charge is -2.17. The number of methoxy groups -OCH3 is 1. The Morgan fingerprint density at radius 2 is 2.10 bits per heavy atom. The molecule has 0 aliphatic heterocycles. The molecule has 2 aromatic heterocycles. The number of nitrogens with one attached hydrogen (secondary N) is 2. The van der Waals surface area contributed by atoms with Gasteiger partial charge in [-0.1, -0.05) is 30.3 Å². The van der Waals surface area contributed by atoms with Gasteiger partial charge in [0, 0.05) is 13.7 Å². The molecule has 7 nitrogen and oxygen atoms in total. The minimum atomic E-state index is 0.00248.